The molecule has 2 rings (SSSR count). The Labute approximate surface area is 129 Å². The van der Waals surface area contributed by atoms with Crippen LogP contribution < -0.4 is 0 Å². The molecule has 0 aromatic carbocycles. The van der Waals surface area contributed by atoms with E-state index >= 15 is 0 Å². The molecule has 1 aromatic heterocycles. The summed E-state index contributed by atoms with van der Waals surface area (Å²) in [4.78, 5) is 27.5. The van der Waals surface area contributed by atoms with Crippen LogP contribution in [0.15, 0.2) is 12.1 Å². The zero-order valence-corrected chi connectivity index (χ0v) is 13.9. The molecule has 0 radical (unpaired) electrons. The van der Waals surface area contributed by atoms with Gasteiger partial charge in [-0.25, -0.2) is 0 Å². The fraction of sp³-hybridized carbons (Fsp3) is 0.625. The second kappa shape index (κ2) is 5.79. The van der Waals surface area contributed by atoms with Crippen molar-refractivity contribution in [1.82, 2.24) is 4.90 Å². The predicted molar refractivity (Wildman–Crippen MR) is 83.5 cm³/mol. The third-order valence-electron chi connectivity index (χ3n) is 4.07. The van der Waals surface area contributed by atoms with Crippen LogP contribution in [0.3, 0.4) is 0 Å². The average Bonchev–Trinajstić information content (AvgIpc) is 2.80. The van der Waals surface area contributed by atoms with Crippen molar-refractivity contribution in [1.29, 1.82) is 0 Å². The lowest BCUT2D eigenvalue weighted by Crippen LogP contribution is -2.35. The van der Waals surface area contributed by atoms with Gasteiger partial charge >= 0.3 is 5.97 Å². The molecule has 2 unspecified atom stereocenters. The summed E-state index contributed by atoms with van der Waals surface area (Å²) in [5.41, 5.74) is 0.0367. The molecular formula is C16H23NO3S. The number of carboxylic acid groups (broad SMARTS) is 1. The van der Waals surface area contributed by atoms with Crippen LogP contribution in [0.2, 0.25) is 0 Å². The zero-order chi connectivity index (χ0) is 15.8. The quantitative estimate of drug-likeness (QED) is 0.910. The molecule has 1 saturated heterocycles. The Morgan fingerprint density at radius 3 is 2.57 bits per heavy atom. The topological polar surface area (TPSA) is 57.6 Å². The molecule has 0 saturated carbocycles. The third kappa shape index (κ3) is 3.28. The zero-order valence-electron chi connectivity index (χ0n) is 13.0. The number of rotatable bonds is 2. The van der Waals surface area contributed by atoms with Crippen molar-refractivity contribution in [2.24, 2.45) is 5.92 Å². The monoisotopic (exact) mass is 309 g/mol. The molecule has 5 heteroatoms. The molecule has 1 fully saturated rings. The van der Waals surface area contributed by atoms with Crippen LogP contribution >= 0.6 is 11.3 Å². The highest BCUT2D eigenvalue weighted by Crippen LogP contribution is 2.40. The van der Waals surface area contributed by atoms with E-state index < -0.39 is 11.9 Å². The number of hydrogen-bond donors (Lipinski definition) is 1. The number of thiophene rings is 1. The number of amides is 1. The summed E-state index contributed by atoms with van der Waals surface area (Å²) in [6.45, 7) is 6.41. The van der Waals surface area contributed by atoms with Gasteiger partial charge in [0.05, 0.1) is 12.0 Å². The number of nitrogens with zero attached hydrogens (tertiary/aromatic N) is 1. The van der Waals surface area contributed by atoms with Crippen LogP contribution in [-0.4, -0.2) is 28.9 Å². The van der Waals surface area contributed by atoms with E-state index in [4.69, 9.17) is 0 Å². The van der Waals surface area contributed by atoms with Gasteiger partial charge in [-0.15, -0.1) is 11.3 Å². The summed E-state index contributed by atoms with van der Waals surface area (Å²) in [5, 5.41) is 9.53. The largest absolute Gasteiger partial charge is 0.481 e. The van der Waals surface area contributed by atoms with Crippen LogP contribution in [0.5, 0.6) is 0 Å². The van der Waals surface area contributed by atoms with Crippen molar-refractivity contribution in [2.75, 3.05) is 7.05 Å². The van der Waals surface area contributed by atoms with Gasteiger partial charge in [-0.1, -0.05) is 20.8 Å². The second-order valence-corrected chi connectivity index (χ2v) is 7.85. The number of hydrogen-bond acceptors (Lipinski definition) is 3. The average molecular weight is 309 g/mol. The summed E-state index contributed by atoms with van der Waals surface area (Å²) >= 11 is 1.63. The molecule has 0 bridgehead atoms. The molecule has 1 N–H and O–H groups in total. The predicted octanol–water partition coefficient (Wildman–Crippen LogP) is 3.43. The van der Waals surface area contributed by atoms with E-state index in [1.54, 1.807) is 23.3 Å². The minimum atomic E-state index is -0.813. The highest BCUT2D eigenvalue weighted by atomic mass is 32.1. The van der Waals surface area contributed by atoms with Gasteiger partial charge in [0.25, 0.3) is 0 Å². The number of likely N-dealkylation sites (tertiary alicyclic amines) is 1. The van der Waals surface area contributed by atoms with Crippen molar-refractivity contribution in [2.45, 2.75) is 51.5 Å². The number of carboxylic acids is 1. The highest BCUT2D eigenvalue weighted by molar-refractivity contribution is 7.12. The number of aliphatic carboxylic acids is 1. The van der Waals surface area contributed by atoms with E-state index in [2.05, 4.69) is 26.8 Å². The van der Waals surface area contributed by atoms with E-state index in [0.29, 0.717) is 19.3 Å². The first-order valence-corrected chi connectivity index (χ1v) is 8.12. The van der Waals surface area contributed by atoms with Gasteiger partial charge in [0.1, 0.15) is 0 Å². The lowest BCUT2D eigenvalue weighted by Gasteiger charge is -2.29. The molecule has 0 spiro atoms. The summed E-state index contributed by atoms with van der Waals surface area (Å²) in [5.74, 6) is -1.30. The smallest absolute Gasteiger partial charge is 0.308 e. The molecule has 1 amide bonds. The highest BCUT2D eigenvalue weighted by Gasteiger charge is 2.38. The molecule has 116 valence electrons. The third-order valence-corrected chi connectivity index (χ3v) is 5.65. The van der Waals surface area contributed by atoms with Crippen LogP contribution in [0, 0.1) is 5.92 Å². The number of carbonyl (C=O) groups is 2. The Morgan fingerprint density at radius 1 is 1.38 bits per heavy atom. The molecular weight excluding hydrogens is 286 g/mol. The molecule has 0 aliphatic carbocycles. The molecule has 21 heavy (non-hydrogen) atoms. The Kier molecular flexibility index (Phi) is 4.42. The Hall–Kier alpha value is -1.36. The Morgan fingerprint density at radius 2 is 2.05 bits per heavy atom. The molecule has 1 aliphatic rings. The molecule has 1 aromatic rings. The van der Waals surface area contributed by atoms with Crippen molar-refractivity contribution in [3.05, 3.63) is 21.9 Å². The van der Waals surface area contributed by atoms with Gasteiger partial charge in [0.15, 0.2) is 0 Å². The normalized spacial score (nSPS) is 24.0. The van der Waals surface area contributed by atoms with E-state index in [-0.39, 0.29) is 17.4 Å². The molecule has 4 nitrogen and oxygen atoms in total. The maximum atomic E-state index is 12.1. The van der Waals surface area contributed by atoms with E-state index in [0.717, 1.165) is 4.88 Å². The van der Waals surface area contributed by atoms with Gasteiger partial charge in [0, 0.05) is 23.2 Å². The Bertz CT molecular complexity index is 544. The molecule has 2 atom stereocenters. The van der Waals surface area contributed by atoms with Gasteiger partial charge < -0.3 is 10.0 Å². The van der Waals surface area contributed by atoms with E-state index in [9.17, 15) is 14.7 Å². The first-order valence-electron chi connectivity index (χ1n) is 7.30. The van der Waals surface area contributed by atoms with E-state index in [1.165, 1.54) is 4.88 Å². The van der Waals surface area contributed by atoms with Gasteiger partial charge in [-0.05, 0) is 30.4 Å². The molecule has 2 heterocycles. The van der Waals surface area contributed by atoms with Crippen molar-refractivity contribution in [3.8, 4) is 0 Å². The standard InChI is InChI=1S/C16H23NO3S/c1-16(2,3)12-9-8-11(21-12)14-10(15(19)20)6-5-7-13(18)17(14)4/h8-10,14H,5-7H2,1-4H3,(H,19,20). The summed E-state index contributed by atoms with van der Waals surface area (Å²) in [6, 6.07) is 3.70. The summed E-state index contributed by atoms with van der Waals surface area (Å²) in [7, 11) is 1.73. The van der Waals surface area contributed by atoms with Crippen molar-refractivity contribution in [3.63, 3.8) is 0 Å². The first kappa shape index (κ1) is 16.0. The number of carbonyl (C=O) groups excluding carboxylic acids is 1. The minimum absolute atomic E-state index is 0.0365. The van der Waals surface area contributed by atoms with Crippen LogP contribution in [0.1, 0.15) is 55.8 Å². The van der Waals surface area contributed by atoms with Gasteiger partial charge in [0.2, 0.25) is 5.91 Å². The first-order chi connectivity index (χ1) is 9.71. The van der Waals surface area contributed by atoms with Crippen LogP contribution in [0.25, 0.3) is 0 Å². The van der Waals surface area contributed by atoms with Crippen molar-refractivity contribution >= 4 is 23.2 Å². The maximum absolute atomic E-state index is 12.1. The van der Waals surface area contributed by atoms with Crippen LogP contribution in [0.4, 0.5) is 0 Å². The minimum Gasteiger partial charge on any atom is -0.481 e. The maximum Gasteiger partial charge on any atom is 0.308 e. The summed E-state index contributed by atoms with van der Waals surface area (Å²) in [6.07, 6.45) is 1.64. The fourth-order valence-electron chi connectivity index (χ4n) is 2.80. The fourth-order valence-corrected chi connectivity index (χ4v) is 4.07. The van der Waals surface area contributed by atoms with E-state index in [1.807, 2.05) is 6.07 Å². The van der Waals surface area contributed by atoms with Crippen molar-refractivity contribution < 1.29 is 14.7 Å². The molecule has 1 aliphatic heterocycles. The lowest BCUT2D eigenvalue weighted by atomic mass is 9.93. The second-order valence-electron chi connectivity index (χ2n) is 6.74. The van der Waals surface area contributed by atoms with Crippen LogP contribution in [-0.2, 0) is 15.0 Å². The van der Waals surface area contributed by atoms with Gasteiger partial charge in [-0.3, -0.25) is 9.59 Å². The van der Waals surface area contributed by atoms with Gasteiger partial charge in [-0.2, -0.15) is 0 Å². The lowest BCUT2D eigenvalue weighted by molar-refractivity contribution is -0.145. The SMILES string of the molecule is CN1C(=O)CCCC(C(=O)O)C1c1ccc(C(C)(C)C)s1. The Balaban J connectivity index is 2.41. The summed E-state index contributed by atoms with van der Waals surface area (Å²) < 4.78 is 0.